The molecule has 0 unspecified atom stereocenters. The number of fused-ring (bicyclic) bond motifs is 1. The maximum Gasteiger partial charge on any atom is 0.254 e. The number of carbonyl (C=O) groups excluding carboxylic acids is 1. The van der Waals surface area contributed by atoms with Gasteiger partial charge in [0.05, 0.1) is 31.5 Å². The van der Waals surface area contributed by atoms with E-state index in [2.05, 4.69) is 5.10 Å². The molecule has 3 aromatic rings. The Morgan fingerprint density at radius 3 is 2.71 bits per heavy atom. The molecule has 1 amide bonds. The number of ether oxygens (including phenoxy) is 1. The summed E-state index contributed by atoms with van der Waals surface area (Å²) >= 11 is 0. The van der Waals surface area contributed by atoms with E-state index in [9.17, 15) is 9.90 Å². The third-order valence-electron chi connectivity index (χ3n) is 6.37. The number of aliphatic hydroxyl groups is 1. The first-order chi connectivity index (χ1) is 15.1. The fourth-order valence-corrected chi connectivity index (χ4v) is 4.78. The molecule has 2 aliphatic rings. The van der Waals surface area contributed by atoms with Crippen LogP contribution < -0.4 is 4.74 Å². The molecule has 0 spiro atoms. The molecule has 2 aromatic carbocycles. The lowest BCUT2D eigenvalue weighted by Gasteiger charge is -2.26. The number of hydrogen-bond donors (Lipinski definition) is 1. The molecular formula is C24H24FN3O3. The first kappa shape index (κ1) is 19.8. The van der Waals surface area contributed by atoms with Crippen molar-refractivity contribution in [3.63, 3.8) is 0 Å². The smallest absolute Gasteiger partial charge is 0.254 e. The summed E-state index contributed by atoms with van der Waals surface area (Å²) in [6.07, 6.45) is 5.77. The summed E-state index contributed by atoms with van der Waals surface area (Å²) in [7, 11) is 1.45. The first-order valence-electron chi connectivity index (χ1n) is 10.5. The van der Waals surface area contributed by atoms with Gasteiger partial charge >= 0.3 is 0 Å². The third kappa shape index (κ3) is 3.39. The quantitative estimate of drug-likeness (QED) is 0.685. The summed E-state index contributed by atoms with van der Waals surface area (Å²) in [6.45, 7) is 0.178. The molecule has 5 rings (SSSR count). The molecule has 7 heteroatoms. The van der Waals surface area contributed by atoms with Crippen LogP contribution in [0.3, 0.4) is 0 Å². The molecule has 1 aromatic heterocycles. The van der Waals surface area contributed by atoms with Crippen molar-refractivity contribution in [3.8, 4) is 11.4 Å². The van der Waals surface area contributed by atoms with Gasteiger partial charge in [-0.25, -0.2) is 9.07 Å². The Morgan fingerprint density at radius 2 is 2.06 bits per heavy atom. The first-order valence-corrected chi connectivity index (χ1v) is 10.5. The predicted molar refractivity (Wildman–Crippen MR) is 113 cm³/mol. The summed E-state index contributed by atoms with van der Waals surface area (Å²) in [4.78, 5) is 14.7. The van der Waals surface area contributed by atoms with E-state index in [0.717, 1.165) is 24.1 Å². The maximum absolute atomic E-state index is 15.3. The van der Waals surface area contributed by atoms with Gasteiger partial charge in [-0.3, -0.25) is 4.79 Å². The number of nitrogens with zero attached hydrogens (tertiary/aromatic N) is 3. The van der Waals surface area contributed by atoms with Crippen LogP contribution >= 0.6 is 0 Å². The van der Waals surface area contributed by atoms with Gasteiger partial charge in [0, 0.05) is 35.5 Å². The van der Waals surface area contributed by atoms with Gasteiger partial charge in [-0.1, -0.05) is 12.1 Å². The number of rotatable bonds is 5. The SMILES string of the molecule is COc1c(Cc2ccc(-n3cccn3)cc2)cc2c(c1F)CN([C@@H]1CCC[C@H]1O)C2=O. The Hall–Kier alpha value is -3.19. The van der Waals surface area contributed by atoms with Gasteiger partial charge in [0.1, 0.15) is 0 Å². The summed E-state index contributed by atoms with van der Waals surface area (Å²) in [5.74, 6) is -0.513. The Kier molecular flexibility index (Phi) is 4.98. The highest BCUT2D eigenvalue weighted by atomic mass is 19.1. The van der Waals surface area contributed by atoms with E-state index in [1.54, 1.807) is 21.8 Å². The fraction of sp³-hybridized carbons (Fsp3) is 0.333. The van der Waals surface area contributed by atoms with Crippen molar-refractivity contribution in [1.29, 1.82) is 0 Å². The van der Waals surface area contributed by atoms with Crippen molar-refractivity contribution in [2.24, 2.45) is 0 Å². The number of aromatic nitrogens is 2. The largest absolute Gasteiger partial charge is 0.493 e. The van der Waals surface area contributed by atoms with E-state index in [0.29, 0.717) is 29.5 Å². The van der Waals surface area contributed by atoms with Crippen LogP contribution in [-0.2, 0) is 13.0 Å². The monoisotopic (exact) mass is 421 g/mol. The summed E-state index contributed by atoms with van der Waals surface area (Å²) in [5.41, 5.74) is 3.27. The lowest BCUT2D eigenvalue weighted by atomic mass is 9.98. The molecule has 1 aliphatic carbocycles. The van der Waals surface area contributed by atoms with E-state index < -0.39 is 11.9 Å². The number of methoxy groups -OCH3 is 1. The van der Waals surface area contributed by atoms with Crippen LogP contribution in [0, 0.1) is 5.82 Å². The van der Waals surface area contributed by atoms with Crippen LogP contribution in [0.4, 0.5) is 4.39 Å². The normalized spacial score (nSPS) is 20.4. The molecule has 6 nitrogen and oxygen atoms in total. The lowest BCUT2D eigenvalue weighted by molar-refractivity contribution is 0.0478. The van der Waals surface area contributed by atoms with Crippen LogP contribution in [0.15, 0.2) is 48.8 Å². The van der Waals surface area contributed by atoms with Gasteiger partial charge in [-0.2, -0.15) is 5.10 Å². The van der Waals surface area contributed by atoms with Crippen molar-refractivity contribution in [2.45, 2.75) is 44.4 Å². The van der Waals surface area contributed by atoms with Crippen molar-refractivity contribution >= 4 is 5.91 Å². The fourth-order valence-electron chi connectivity index (χ4n) is 4.78. The average Bonchev–Trinajstić information content (AvgIpc) is 3.51. The molecule has 0 saturated heterocycles. The second-order valence-electron chi connectivity index (χ2n) is 8.20. The highest BCUT2D eigenvalue weighted by Gasteiger charge is 2.40. The molecular weight excluding hydrogens is 397 g/mol. The van der Waals surface area contributed by atoms with Gasteiger partial charge < -0.3 is 14.7 Å². The Morgan fingerprint density at radius 1 is 1.26 bits per heavy atom. The zero-order valence-electron chi connectivity index (χ0n) is 17.3. The summed E-state index contributed by atoms with van der Waals surface area (Å²) < 4.78 is 22.5. The number of carbonyl (C=O) groups is 1. The summed E-state index contributed by atoms with van der Waals surface area (Å²) in [6, 6.07) is 11.2. The highest BCUT2D eigenvalue weighted by molar-refractivity contribution is 5.99. The van der Waals surface area contributed by atoms with Crippen molar-refractivity contribution in [3.05, 3.63) is 76.9 Å². The van der Waals surface area contributed by atoms with Crippen LogP contribution in [-0.4, -0.2) is 44.9 Å². The topological polar surface area (TPSA) is 67.6 Å². The number of amides is 1. The van der Waals surface area contributed by atoms with Crippen LogP contribution in [0.1, 0.15) is 46.3 Å². The Labute approximate surface area is 179 Å². The molecule has 1 N–H and O–H groups in total. The van der Waals surface area contributed by atoms with Crippen LogP contribution in [0.2, 0.25) is 0 Å². The van der Waals surface area contributed by atoms with Crippen LogP contribution in [0.25, 0.3) is 5.69 Å². The summed E-state index contributed by atoms with van der Waals surface area (Å²) in [5, 5.41) is 14.5. The molecule has 1 aliphatic heterocycles. The number of aliphatic hydroxyl groups excluding tert-OH is 1. The van der Waals surface area contributed by atoms with Gasteiger partial charge in [-0.05, 0) is 49.1 Å². The van der Waals surface area contributed by atoms with Crippen LogP contribution in [0.5, 0.6) is 5.75 Å². The van der Waals surface area contributed by atoms with E-state index in [1.165, 1.54) is 7.11 Å². The van der Waals surface area contributed by atoms with Gasteiger partial charge in [0.25, 0.3) is 5.91 Å². The lowest BCUT2D eigenvalue weighted by Crippen LogP contribution is -2.40. The molecule has 0 bridgehead atoms. The minimum absolute atomic E-state index is 0.177. The highest BCUT2D eigenvalue weighted by Crippen LogP contribution is 2.38. The van der Waals surface area contributed by atoms with E-state index >= 15 is 4.39 Å². The molecule has 2 atom stereocenters. The molecule has 1 saturated carbocycles. The van der Waals surface area contributed by atoms with Gasteiger partial charge in [0.2, 0.25) is 0 Å². The second kappa shape index (κ2) is 7.81. The molecule has 2 heterocycles. The van der Waals surface area contributed by atoms with Gasteiger partial charge in [-0.15, -0.1) is 0 Å². The minimum atomic E-state index is -0.545. The maximum atomic E-state index is 15.3. The van der Waals surface area contributed by atoms with E-state index in [-0.39, 0.29) is 24.2 Å². The Balaban J connectivity index is 1.45. The zero-order chi connectivity index (χ0) is 21.5. The number of hydrogen-bond acceptors (Lipinski definition) is 4. The standard InChI is InChI=1S/C24H24FN3O3/c1-31-23-16(12-15-6-8-17(9-7-15)28-11-3-10-26-28)13-18-19(22(23)25)14-27(24(18)30)20-4-2-5-21(20)29/h3,6-11,13,20-21,29H,2,4-5,12,14H2,1H3/t20-,21-/m1/s1. The molecule has 160 valence electrons. The van der Waals surface area contributed by atoms with Crippen molar-refractivity contribution in [1.82, 2.24) is 14.7 Å². The average molecular weight is 421 g/mol. The van der Waals surface area contributed by atoms with E-state index in [1.807, 2.05) is 36.5 Å². The van der Waals surface area contributed by atoms with Crippen molar-refractivity contribution < 1.29 is 19.0 Å². The Bertz CT molecular complexity index is 1110. The predicted octanol–water partition coefficient (Wildman–Crippen LogP) is 3.48. The van der Waals surface area contributed by atoms with Gasteiger partial charge in [0.15, 0.2) is 11.6 Å². The van der Waals surface area contributed by atoms with E-state index in [4.69, 9.17) is 4.74 Å². The number of benzene rings is 2. The third-order valence-corrected chi connectivity index (χ3v) is 6.37. The second-order valence-corrected chi connectivity index (χ2v) is 8.20. The molecule has 1 fully saturated rings. The molecule has 0 radical (unpaired) electrons. The zero-order valence-corrected chi connectivity index (χ0v) is 17.3. The van der Waals surface area contributed by atoms with Crippen molar-refractivity contribution in [2.75, 3.05) is 7.11 Å². The number of halogens is 1. The molecule has 31 heavy (non-hydrogen) atoms. The minimum Gasteiger partial charge on any atom is -0.493 e.